The monoisotopic (exact) mass is 299 g/mol. The third-order valence-corrected chi connectivity index (χ3v) is 4.56. The lowest BCUT2D eigenvalue weighted by molar-refractivity contribution is 0.875. The van der Waals surface area contributed by atoms with Crippen LogP contribution in [-0.2, 0) is 6.42 Å². The zero-order chi connectivity index (χ0) is 14.8. The van der Waals surface area contributed by atoms with Crippen molar-refractivity contribution in [1.29, 1.82) is 0 Å². The van der Waals surface area contributed by atoms with Gasteiger partial charge in [0.1, 0.15) is 5.00 Å². The van der Waals surface area contributed by atoms with Crippen LogP contribution in [0.2, 0.25) is 0 Å². The Balaban J connectivity index is 2.08. The zero-order valence-corrected chi connectivity index (χ0v) is 12.9. The molecule has 3 aromatic heterocycles. The lowest BCUT2D eigenvalue weighted by Crippen LogP contribution is -2.12. The maximum absolute atomic E-state index is 11.8. The molecule has 0 unspecified atom stereocenters. The minimum absolute atomic E-state index is 0.00795. The first-order valence-corrected chi connectivity index (χ1v) is 7.82. The van der Waals surface area contributed by atoms with Crippen LogP contribution in [0.25, 0.3) is 15.4 Å². The van der Waals surface area contributed by atoms with E-state index < -0.39 is 0 Å². The second kappa shape index (κ2) is 5.69. The molecule has 1 N–H and O–H groups in total. The van der Waals surface area contributed by atoms with Crippen molar-refractivity contribution in [2.45, 2.75) is 26.7 Å². The molecule has 4 nitrogen and oxygen atoms in total. The van der Waals surface area contributed by atoms with E-state index in [1.165, 1.54) is 4.88 Å². The SMILES string of the molecule is CCCc1[nH]c(=O)c(C)cc1-c1ccc(-n2ccnc2)s1. The number of aromatic nitrogens is 3. The van der Waals surface area contributed by atoms with Crippen LogP contribution in [-0.4, -0.2) is 14.5 Å². The highest BCUT2D eigenvalue weighted by molar-refractivity contribution is 7.17. The van der Waals surface area contributed by atoms with Gasteiger partial charge in [-0.1, -0.05) is 13.3 Å². The van der Waals surface area contributed by atoms with E-state index in [1.54, 1.807) is 23.9 Å². The second-order valence-electron chi connectivity index (χ2n) is 5.03. The molecule has 3 aromatic rings. The molecule has 21 heavy (non-hydrogen) atoms. The van der Waals surface area contributed by atoms with E-state index in [9.17, 15) is 4.79 Å². The summed E-state index contributed by atoms with van der Waals surface area (Å²) in [6, 6.07) is 6.18. The molecule has 0 bridgehead atoms. The summed E-state index contributed by atoms with van der Waals surface area (Å²) in [6.07, 6.45) is 7.38. The summed E-state index contributed by atoms with van der Waals surface area (Å²) in [4.78, 5) is 20.1. The highest BCUT2D eigenvalue weighted by Crippen LogP contribution is 2.32. The third kappa shape index (κ3) is 2.69. The van der Waals surface area contributed by atoms with Crippen LogP contribution < -0.4 is 5.56 Å². The molecule has 0 spiro atoms. The largest absolute Gasteiger partial charge is 0.325 e. The Kier molecular flexibility index (Phi) is 3.75. The lowest BCUT2D eigenvalue weighted by atomic mass is 10.1. The summed E-state index contributed by atoms with van der Waals surface area (Å²) in [5, 5.41) is 1.12. The smallest absolute Gasteiger partial charge is 0.251 e. The molecule has 0 aromatic carbocycles. The van der Waals surface area contributed by atoms with Crippen molar-refractivity contribution < 1.29 is 0 Å². The van der Waals surface area contributed by atoms with E-state index in [-0.39, 0.29) is 5.56 Å². The summed E-state index contributed by atoms with van der Waals surface area (Å²) in [5.74, 6) is 0. The van der Waals surface area contributed by atoms with Gasteiger partial charge in [-0.25, -0.2) is 4.98 Å². The van der Waals surface area contributed by atoms with Crippen molar-refractivity contribution in [2.75, 3.05) is 0 Å². The van der Waals surface area contributed by atoms with Gasteiger partial charge in [-0.3, -0.25) is 9.36 Å². The lowest BCUT2D eigenvalue weighted by Gasteiger charge is -2.08. The highest BCUT2D eigenvalue weighted by atomic mass is 32.1. The van der Waals surface area contributed by atoms with E-state index in [0.717, 1.165) is 34.7 Å². The average Bonchev–Trinajstić information content (AvgIpc) is 3.12. The summed E-state index contributed by atoms with van der Waals surface area (Å²) >= 11 is 1.70. The van der Waals surface area contributed by atoms with Crippen LogP contribution in [0.15, 0.2) is 41.7 Å². The second-order valence-corrected chi connectivity index (χ2v) is 6.09. The Bertz CT molecular complexity index is 799. The number of aryl methyl sites for hydroxylation is 2. The maximum atomic E-state index is 11.8. The van der Waals surface area contributed by atoms with Crippen LogP contribution >= 0.6 is 11.3 Å². The van der Waals surface area contributed by atoms with Gasteiger partial charge in [0.2, 0.25) is 0 Å². The summed E-state index contributed by atoms with van der Waals surface area (Å²) < 4.78 is 1.99. The number of nitrogens with zero attached hydrogens (tertiary/aromatic N) is 2. The van der Waals surface area contributed by atoms with Gasteiger partial charge >= 0.3 is 0 Å². The normalized spacial score (nSPS) is 11.0. The van der Waals surface area contributed by atoms with Crippen LogP contribution in [0.3, 0.4) is 0 Å². The number of hydrogen-bond donors (Lipinski definition) is 1. The first kappa shape index (κ1) is 13.8. The molecule has 0 aliphatic carbocycles. The van der Waals surface area contributed by atoms with Crippen LogP contribution in [0.5, 0.6) is 0 Å². The van der Waals surface area contributed by atoms with Gasteiger partial charge in [-0.15, -0.1) is 11.3 Å². The van der Waals surface area contributed by atoms with Crippen LogP contribution in [0.1, 0.15) is 24.6 Å². The molecule has 0 atom stereocenters. The van der Waals surface area contributed by atoms with Crippen molar-refractivity contribution in [3.63, 3.8) is 0 Å². The van der Waals surface area contributed by atoms with E-state index in [4.69, 9.17) is 0 Å². The number of pyridine rings is 1. The van der Waals surface area contributed by atoms with Gasteiger partial charge in [0.25, 0.3) is 5.56 Å². The van der Waals surface area contributed by atoms with E-state index in [0.29, 0.717) is 0 Å². The van der Waals surface area contributed by atoms with Crippen molar-refractivity contribution in [3.05, 3.63) is 58.5 Å². The predicted molar refractivity (Wildman–Crippen MR) is 86.2 cm³/mol. The fourth-order valence-electron chi connectivity index (χ4n) is 2.34. The number of aromatic amines is 1. The van der Waals surface area contributed by atoms with Gasteiger partial charge in [-0.05, 0) is 31.5 Å². The summed E-state index contributed by atoms with van der Waals surface area (Å²) in [6.45, 7) is 3.97. The molecular weight excluding hydrogens is 282 g/mol. The van der Waals surface area contributed by atoms with Gasteiger partial charge in [0, 0.05) is 34.1 Å². The quantitative estimate of drug-likeness (QED) is 0.801. The molecule has 0 amide bonds. The number of hydrogen-bond acceptors (Lipinski definition) is 3. The molecule has 0 saturated heterocycles. The molecule has 108 valence electrons. The van der Waals surface area contributed by atoms with Crippen molar-refractivity contribution in [1.82, 2.24) is 14.5 Å². The summed E-state index contributed by atoms with van der Waals surface area (Å²) in [7, 11) is 0. The summed E-state index contributed by atoms with van der Waals surface area (Å²) in [5.41, 5.74) is 2.91. The molecule has 0 saturated carbocycles. The standard InChI is InChI=1S/C16H17N3OS/c1-3-4-13-12(9-11(2)16(20)18-13)14-5-6-15(21-14)19-8-7-17-10-19/h5-10H,3-4H2,1-2H3,(H,18,20). The minimum Gasteiger partial charge on any atom is -0.325 e. The molecule has 0 radical (unpaired) electrons. The zero-order valence-electron chi connectivity index (χ0n) is 12.1. The van der Waals surface area contributed by atoms with Gasteiger partial charge in [-0.2, -0.15) is 0 Å². The first-order valence-electron chi connectivity index (χ1n) is 7.00. The molecule has 3 rings (SSSR count). The fourth-order valence-corrected chi connectivity index (χ4v) is 3.34. The molecule has 3 heterocycles. The molecule has 0 aliphatic heterocycles. The Hall–Kier alpha value is -2.14. The predicted octanol–water partition coefficient (Wildman–Crippen LogP) is 3.55. The van der Waals surface area contributed by atoms with E-state index in [2.05, 4.69) is 29.0 Å². The number of rotatable bonds is 4. The number of nitrogens with one attached hydrogen (secondary N) is 1. The Morgan fingerprint density at radius 2 is 2.24 bits per heavy atom. The van der Waals surface area contributed by atoms with Gasteiger partial charge < -0.3 is 4.98 Å². The Labute approximate surface area is 127 Å². The molecule has 0 fully saturated rings. The van der Waals surface area contributed by atoms with Gasteiger partial charge in [0.15, 0.2) is 0 Å². The number of thiophene rings is 1. The van der Waals surface area contributed by atoms with Crippen molar-refractivity contribution >= 4 is 11.3 Å². The molecule has 5 heteroatoms. The Morgan fingerprint density at radius 1 is 1.38 bits per heavy atom. The van der Waals surface area contributed by atoms with E-state index in [1.807, 2.05) is 23.8 Å². The number of imidazole rings is 1. The fraction of sp³-hybridized carbons (Fsp3) is 0.250. The molecule has 0 aliphatic rings. The van der Waals surface area contributed by atoms with Crippen LogP contribution in [0, 0.1) is 6.92 Å². The maximum Gasteiger partial charge on any atom is 0.251 e. The highest BCUT2D eigenvalue weighted by Gasteiger charge is 2.11. The Morgan fingerprint density at radius 3 is 2.95 bits per heavy atom. The van der Waals surface area contributed by atoms with E-state index >= 15 is 0 Å². The average molecular weight is 299 g/mol. The third-order valence-electron chi connectivity index (χ3n) is 3.42. The number of H-pyrrole nitrogens is 1. The van der Waals surface area contributed by atoms with Crippen molar-refractivity contribution in [3.8, 4) is 15.4 Å². The molecular formula is C16H17N3OS. The van der Waals surface area contributed by atoms with Crippen molar-refractivity contribution in [2.24, 2.45) is 0 Å². The first-order chi connectivity index (χ1) is 10.2. The topological polar surface area (TPSA) is 50.7 Å². The van der Waals surface area contributed by atoms with Gasteiger partial charge in [0.05, 0.1) is 6.33 Å². The van der Waals surface area contributed by atoms with Crippen LogP contribution in [0.4, 0.5) is 0 Å². The minimum atomic E-state index is 0.00795.